The number of aliphatic imine (C=N–C) groups is 2. The van der Waals surface area contributed by atoms with Gasteiger partial charge in [-0.25, -0.2) is 9.38 Å². The Morgan fingerprint density at radius 2 is 1.71 bits per heavy atom. The molecule has 3 aliphatic heterocycles. The van der Waals surface area contributed by atoms with Crippen LogP contribution in [0, 0.1) is 5.82 Å². The third-order valence-corrected chi connectivity index (χ3v) is 9.12. The van der Waals surface area contributed by atoms with Crippen LogP contribution in [0.1, 0.15) is 57.6 Å². The fraction of sp³-hybridized carbons (Fsp3) is 0.529. The largest absolute Gasteiger partial charge is 0.377 e. The third-order valence-electron chi connectivity index (χ3n) is 9.12. The third kappa shape index (κ3) is 7.14. The van der Waals surface area contributed by atoms with Crippen LogP contribution in [-0.4, -0.2) is 97.1 Å². The number of benzene rings is 1. The lowest BCUT2D eigenvalue weighted by molar-refractivity contribution is 0.253. The number of likely N-dealkylation sites (tertiary alicyclic amines) is 1. The Hall–Kier alpha value is -3.39. The number of piperidine rings is 1. The number of nitrogens with two attached hydrogens (primary N) is 1. The Morgan fingerprint density at radius 3 is 2.40 bits per heavy atom. The number of nitrogens with zero attached hydrogens (tertiary/aromatic N) is 6. The fourth-order valence-corrected chi connectivity index (χ4v) is 6.10. The van der Waals surface area contributed by atoms with E-state index in [1.165, 1.54) is 5.70 Å². The lowest BCUT2D eigenvalue weighted by Crippen LogP contribution is -2.58. The van der Waals surface area contributed by atoms with Crippen molar-refractivity contribution in [2.24, 2.45) is 15.7 Å². The van der Waals surface area contributed by atoms with E-state index in [2.05, 4.69) is 66.8 Å². The fourth-order valence-electron chi connectivity index (χ4n) is 6.10. The van der Waals surface area contributed by atoms with Gasteiger partial charge in [0.1, 0.15) is 11.7 Å². The van der Waals surface area contributed by atoms with E-state index in [1.807, 2.05) is 20.0 Å². The van der Waals surface area contributed by atoms with Crippen LogP contribution in [0.3, 0.4) is 0 Å². The van der Waals surface area contributed by atoms with Crippen molar-refractivity contribution < 1.29 is 4.39 Å². The van der Waals surface area contributed by atoms with Crippen LogP contribution in [0.15, 0.2) is 70.1 Å². The number of aryl methyl sites for hydroxylation is 1. The van der Waals surface area contributed by atoms with Gasteiger partial charge in [-0.1, -0.05) is 19.2 Å². The number of amidine groups is 1. The summed E-state index contributed by atoms with van der Waals surface area (Å²) in [6.07, 6.45) is 6.81. The molecule has 0 saturated carbocycles. The lowest BCUT2D eigenvalue weighted by atomic mass is 9.93. The SMILES string of the molecule is C=C1CCc2ccc(F)cc2C(=C)N2CCCCC2C(=NC)/C=C(C)/N=C(N2CC(N)C2)\C(C)=C(/C)N(C)CCN1C. The Labute approximate surface area is 252 Å². The summed E-state index contributed by atoms with van der Waals surface area (Å²) in [5, 5.41) is 0. The molecular formula is C34H50FN7. The predicted octanol–water partition coefficient (Wildman–Crippen LogP) is 5.28. The molecule has 1 aromatic carbocycles. The molecule has 4 rings (SSSR count). The van der Waals surface area contributed by atoms with Crippen LogP contribution in [0.2, 0.25) is 0 Å². The summed E-state index contributed by atoms with van der Waals surface area (Å²) in [4.78, 5) is 19.1. The van der Waals surface area contributed by atoms with Crippen molar-refractivity contribution in [3.05, 3.63) is 77.0 Å². The summed E-state index contributed by atoms with van der Waals surface area (Å²) in [5.74, 6) is 0.724. The molecule has 1 aromatic rings. The number of hydrogen-bond donors (Lipinski definition) is 1. The van der Waals surface area contributed by atoms with Crippen molar-refractivity contribution in [3.8, 4) is 0 Å². The molecule has 2 N–H and O–H groups in total. The molecule has 0 bridgehead atoms. The molecule has 0 aromatic heterocycles. The molecule has 0 aliphatic carbocycles. The van der Waals surface area contributed by atoms with Crippen LogP contribution in [0.4, 0.5) is 4.39 Å². The van der Waals surface area contributed by atoms with Crippen molar-refractivity contribution in [1.82, 2.24) is 19.6 Å². The van der Waals surface area contributed by atoms with Gasteiger partial charge in [0.2, 0.25) is 0 Å². The first-order chi connectivity index (χ1) is 20.0. The summed E-state index contributed by atoms with van der Waals surface area (Å²) < 4.78 is 14.6. The first-order valence-corrected chi connectivity index (χ1v) is 15.3. The molecule has 0 amide bonds. The topological polar surface area (TPSA) is 63.7 Å². The standard InChI is InChI=1S/C34H50FN7/c1-23-19-32(37-6)33-11-9-10-16-42(33)27(5)31-20-29(35)15-14-28(31)13-12-24(2)39(7)17-18-40(8)26(4)25(3)34(38-23)41-21-30(36)22-41/h14-15,19-20,30,33H,2,5,9-13,16-18,21-22,36H2,1,3-4,6-8H3/b23-19+,26-25+,37-32?,38-34+. The van der Waals surface area contributed by atoms with Crippen molar-refractivity contribution in [3.63, 3.8) is 0 Å². The van der Waals surface area contributed by atoms with Gasteiger partial charge in [-0.05, 0) is 76.6 Å². The minimum absolute atomic E-state index is 0.0473. The van der Waals surface area contributed by atoms with E-state index >= 15 is 0 Å². The van der Waals surface area contributed by atoms with Crippen LogP contribution in [0.5, 0.6) is 0 Å². The minimum Gasteiger partial charge on any atom is -0.377 e. The van der Waals surface area contributed by atoms with Crippen molar-refractivity contribution in [1.29, 1.82) is 0 Å². The molecule has 8 heteroatoms. The van der Waals surface area contributed by atoms with Crippen LogP contribution in [0.25, 0.3) is 5.70 Å². The zero-order valence-electron chi connectivity index (χ0n) is 26.6. The van der Waals surface area contributed by atoms with Gasteiger partial charge >= 0.3 is 0 Å². The Morgan fingerprint density at radius 1 is 1.00 bits per heavy atom. The summed E-state index contributed by atoms with van der Waals surface area (Å²) in [7, 11) is 6.08. The highest BCUT2D eigenvalue weighted by atomic mass is 19.1. The molecular weight excluding hydrogens is 525 g/mol. The smallest absolute Gasteiger partial charge is 0.133 e. The van der Waals surface area contributed by atoms with E-state index in [9.17, 15) is 4.39 Å². The van der Waals surface area contributed by atoms with Crippen LogP contribution >= 0.6 is 0 Å². The number of allylic oxidation sites excluding steroid dienone is 3. The molecule has 42 heavy (non-hydrogen) atoms. The monoisotopic (exact) mass is 575 g/mol. The van der Waals surface area contributed by atoms with Gasteiger partial charge in [0.25, 0.3) is 0 Å². The van der Waals surface area contributed by atoms with Gasteiger partial charge in [-0.15, -0.1) is 0 Å². The quantitative estimate of drug-likeness (QED) is 0.456. The van der Waals surface area contributed by atoms with E-state index in [0.717, 1.165) is 110 Å². The first kappa shape index (κ1) is 31.5. The highest BCUT2D eigenvalue weighted by Crippen LogP contribution is 2.31. The second-order valence-electron chi connectivity index (χ2n) is 12.1. The van der Waals surface area contributed by atoms with Crippen LogP contribution < -0.4 is 5.73 Å². The number of halogens is 1. The van der Waals surface area contributed by atoms with Crippen LogP contribution in [-0.2, 0) is 6.42 Å². The lowest BCUT2D eigenvalue weighted by Gasteiger charge is -2.40. The average Bonchev–Trinajstić information content (AvgIpc) is 2.97. The predicted molar refractivity (Wildman–Crippen MR) is 175 cm³/mol. The summed E-state index contributed by atoms with van der Waals surface area (Å²) in [5.41, 5.74) is 14.3. The zero-order valence-corrected chi connectivity index (χ0v) is 26.6. The van der Waals surface area contributed by atoms with Gasteiger partial charge < -0.3 is 25.3 Å². The van der Waals surface area contributed by atoms with E-state index in [0.29, 0.717) is 0 Å². The van der Waals surface area contributed by atoms with E-state index < -0.39 is 0 Å². The first-order valence-electron chi connectivity index (χ1n) is 15.3. The molecule has 0 radical (unpaired) electrons. The van der Waals surface area contributed by atoms with E-state index in [-0.39, 0.29) is 17.9 Å². The Kier molecular flexibility index (Phi) is 10.3. The second-order valence-corrected chi connectivity index (χ2v) is 12.1. The molecule has 7 nitrogen and oxygen atoms in total. The summed E-state index contributed by atoms with van der Waals surface area (Å²) in [6.45, 7) is 19.4. The van der Waals surface area contributed by atoms with E-state index in [4.69, 9.17) is 15.7 Å². The van der Waals surface area contributed by atoms with Gasteiger partial charge in [0.15, 0.2) is 0 Å². The van der Waals surface area contributed by atoms with Crippen molar-refractivity contribution >= 4 is 17.2 Å². The number of likely N-dealkylation sites (N-methyl/N-ethyl adjacent to an activating group) is 2. The molecule has 1 atom stereocenters. The number of rotatable bonds is 0. The molecule has 1 unspecified atom stereocenters. The van der Waals surface area contributed by atoms with E-state index in [1.54, 1.807) is 12.1 Å². The van der Waals surface area contributed by atoms with Gasteiger partial charge in [-0.3, -0.25) is 4.99 Å². The average molecular weight is 576 g/mol. The number of hydrogen-bond acceptors (Lipinski definition) is 7. The number of fused-ring (bicyclic) bond motifs is 2. The second kappa shape index (κ2) is 13.7. The Balaban J connectivity index is 1.80. The summed E-state index contributed by atoms with van der Waals surface area (Å²) >= 11 is 0. The highest BCUT2D eigenvalue weighted by molar-refractivity contribution is 6.02. The molecule has 2 fully saturated rings. The molecule has 228 valence electrons. The maximum Gasteiger partial charge on any atom is 0.133 e. The zero-order chi connectivity index (χ0) is 30.6. The van der Waals surface area contributed by atoms with Crippen molar-refractivity contribution in [2.75, 3.05) is 53.9 Å². The van der Waals surface area contributed by atoms with Gasteiger partial charge in [0, 0.05) is 93.8 Å². The van der Waals surface area contributed by atoms with Gasteiger partial charge in [0.05, 0.1) is 11.8 Å². The Bertz CT molecular complexity index is 1300. The normalized spacial score (nSPS) is 27.7. The molecule has 3 heterocycles. The highest BCUT2D eigenvalue weighted by Gasteiger charge is 2.30. The minimum atomic E-state index is -0.244. The maximum atomic E-state index is 14.6. The molecule has 3 aliphatic rings. The van der Waals surface area contributed by atoms with Gasteiger partial charge in [-0.2, -0.15) is 0 Å². The molecule has 2 saturated heterocycles. The maximum absolute atomic E-state index is 14.6. The molecule has 0 spiro atoms. The van der Waals surface area contributed by atoms with Crippen molar-refractivity contribution in [2.45, 2.75) is 65.0 Å². The summed E-state index contributed by atoms with van der Waals surface area (Å²) in [6, 6.07) is 5.32.